The number of carbonyl (C=O) groups excluding carboxylic acids is 2. The number of hydrogen-bond donors (Lipinski definition) is 1. The summed E-state index contributed by atoms with van der Waals surface area (Å²) in [7, 11) is 0. The first-order chi connectivity index (χ1) is 14.6. The Labute approximate surface area is 176 Å². The van der Waals surface area contributed by atoms with E-state index < -0.39 is 5.97 Å². The molecule has 3 aromatic carbocycles. The van der Waals surface area contributed by atoms with Crippen molar-refractivity contribution in [3.8, 4) is 11.5 Å². The van der Waals surface area contributed by atoms with Gasteiger partial charge in [0.2, 0.25) is 5.78 Å². The van der Waals surface area contributed by atoms with E-state index in [1.807, 2.05) is 30.5 Å². The smallest absolute Gasteiger partial charge is 0.345 e. The number of allylic oxidation sites excluding steroid dienone is 1. The lowest BCUT2D eigenvalue weighted by atomic mass is 10.1. The minimum Gasteiger partial charge on any atom is -0.452 e. The van der Waals surface area contributed by atoms with Crippen molar-refractivity contribution < 1.29 is 19.1 Å². The number of ketones is 1. The zero-order valence-corrected chi connectivity index (χ0v) is 16.3. The van der Waals surface area contributed by atoms with Crippen LogP contribution in [0.25, 0.3) is 17.0 Å². The Kier molecular flexibility index (Phi) is 4.38. The Morgan fingerprint density at radius 2 is 1.83 bits per heavy atom. The van der Waals surface area contributed by atoms with Crippen molar-refractivity contribution in [1.29, 1.82) is 0 Å². The molecule has 4 aromatic rings. The number of Topliss-reactive ketones (excluding diaryl/α,β-unsaturated/α-hetero) is 1. The van der Waals surface area contributed by atoms with E-state index in [1.54, 1.807) is 42.5 Å². The molecule has 1 aromatic heterocycles. The zero-order valence-electron chi connectivity index (χ0n) is 15.5. The minimum atomic E-state index is -0.584. The zero-order chi connectivity index (χ0) is 20.7. The van der Waals surface area contributed by atoms with E-state index in [0.29, 0.717) is 16.3 Å². The van der Waals surface area contributed by atoms with E-state index in [4.69, 9.17) is 21.1 Å². The van der Waals surface area contributed by atoms with Crippen molar-refractivity contribution in [2.24, 2.45) is 0 Å². The molecule has 0 fully saturated rings. The van der Waals surface area contributed by atoms with E-state index in [0.717, 1.165) is 16.5 Å². The Bertz CT molecular complexity index is 1350. The van der Waals surface area contributed by atoms with Crippen LogP contribution in [0.3, 0.4) is 0 Å². The van der Waals surface area contributed by atoms with Crippen LogP contribution in [-0.4, -0.2) is 16.7 Å². The molecule has 6 heteroatoms. The number of hydrogen-bond acceptors (Lipinski definition) is 4. The number of H-pyrrole nitrogens is 1. The first-order valence-electron chi connectivity index (χ1n) is 9.21. The highest BCUT2D eigenvalue weighted by Crippen LogP contribution is 2.36. The van der Waals surface area contributed by atoms with Gasteiger partial charge in [0, 0.05) is 28.7 Å². The van der Waals surface area contributed by atoms with Crippen molar-refractivity contribution >= 4 is 40.3 Å². The molecule has 30 heavy (non-hydrogen) atoms. The second kappa shape index (κ2) is 7.21. The van der Waals surface area contributed by atoms with Crippen LogP contribution in [0.15, 0.2) is 78.7 Å². The standard InChI is InChI=1S/C24H14ClNO4/c25-19-7-3-1-6-17(19)24(28)29-15-9-10-18-21(12-15)30-22(23(18)27)11-14-13-26-20-8-4-2-5-16(14)20/h1-13,26H. The van der Waals surface area contributed by atoms with E-state index >= 15 is 0 Å². The van der Waals surface area contributed by atoms with Crippen molar-refractivity contribution in [1.82, 2.24) is 4.98 Å². The van der Waals surface area contributed by atoms with Crippen molar-refractivity contribution in [2.45, 2.75) is 0 Å². The fourth-order valence-electron chi connectivity index (χ4n) is 3.37. The number of esters is 1. The van der Waals surface area contributed by atoms with Gasteiger partial charge >= 0.3 is 5.97 Å². The number of benzene rings is 3. The summed E-state index contributed by atoms with van der Waals surface area (Å²) in [6.45, 7) is 0. The van der Waals surface area contributed by atoms with Crippen LogP contribution in [-0.2, 0) is 0 Å². The van der Waals surface area contributed by atoms with Crippen molar-refractivity contribution in [3.05, 3.63) is 100 Å². The number of fused-ring (bicyclic) bond motifs is 2. The molecule has 0 saturated carbocycles. The fourth-order valence-corrected chi connectivity index (χ4v) is 3.59. The van der Waals surface area contributed by atoms with Gasteiger partial charge in [0.05, 0.1) is 16.1 Å². The van der Waals surface area contributed by atoms with Crippen LogP contribution in [0.1, 0.15) is 26.3 Å². The highest BCUT2D eigenvalue weighted by molar-refractivity contribution is 6.33. The van der Waals surface area contributed by atoms with Crippen LogP contribution >= 0.6 is 11.6 Å². The molecular weight excluding hydrogens is 402 g/mol. The monoisotopic (exact) mass is 415 g/mol. The first-order valence-corrected chi connectivity index (χ1v) is 9.59. The number of aromatic amines is 1. The molecule has 0 bridgehead atoms. The maximum Gasteiger partial charge on any atom is 0.345 e. The van der Waals surface area contributed by atoms with Gasteiger partial charge in [-0.1, -0.05) is 41.9 Å². The lowest BCUT2D eigenvalue weighted by Gasteiger charge is -2.06. The molecule has 5 rings (SSSR count). The van der Waals surface area contributed by atoms with E-state index in [9.17, 15) is 9.59 Å². The van der Waals surface area contributed by atoms with Gasteiger partial charge < -0.3 is 14.5 Å². The van der Waals surface area contributed by atoms with Crippen LogP contribution in [0.5, 0.6) is 11.5 Å². The normalized spacial score (nSPS) is 14.0. The third-order valence-corrected chi connectivity index (χ3v) is 5.18. The number of halogens is 1. The largest absolute Gasteiger partial charge is 0.452 e. The SMILES string of the molecule is O=C(Oc1ccc2c(c1)OC(=Cc1c[nH]c3ccccc13)C2=O)c1ccccc1Cl. The lowest BCUT2D eigenvalue weighted by Crippen LogP contribution is -2.09. The number of aromatic nitrogens is 1. The summed E-state index contributed by atoms with van der Waals surface area (Å²) in [4.78, 5) is 28.3. The number of carbonyl (C=O) groups is 2. The topological polar surface area (TPSA) is 68.4 Å². The highest BCUT2D eigenvalue weighted by atomic mass is 35.5. The number of para-hydroxylation sites is 1. The molecular formula is C24H14ClNO4. The first kappa shape index (κ1) is 18.2. The van der Waals surface area contributed by atoms with E-state index in [-0.39, 0.29) is 22.9 Å². The van der Waals surface area contributed by atoms with Gasteiger partial charge in [-0.2, -0.15) is 0 Å². The molecule has 1 N–H and O–H groups in total. The molecule has 5 nitrogen and oxygen atoms in total. The summed E-state index contributed by atoms with van der Waals surface area (Å²) in [5, 5.41) is 1.30. The molecule has 0 saturated heterocycles. The molecule has 1 aliphatic rings. The molecule has 1 aliphatic heterocycles. The summed E-state index contributed by atoms with van der Waals surface area (Å²) < 4.78 is 11.2. The highest BCUT2D eigenvalue weighted by Gasteiger charge is 2.28. The minimum absolute atomic E-state index is 0.212. The number of ether oxygens (including phenoxy) is 2. The fraction of sp³-hybridized carbons (Fsp3) is 0. The summed E-state index contributed by atoms with van der Waals surface area (Å²) in [6, 6.07) is 19.1. The van der Waals surface area contributed by atoms with Gasteiger partial charge in [-0.05, 0) is 36.4 Å². The number of rotatable bonds is 3. The second-order valence-electron chi connectivity index (χ2n) is 6.76. The van der Waals surface area contributed by atoms with E-state index in [2.05, 4.69) is 4.98 Å². The predicted octanol–water partition coefficient (Wildman–Crippen LogP) is 5.66. The molecule has 0 aliphatic carbocycles. The maximum atomic E-state index is 12.7. The van der Waals surface area contributed by atoms with Gasteiger partial charge in [0.25, 0.3) is 0 Å². The summed E-state index contributed by atoms with van der Waals surface area (Å²) >= 11 is 6.05. The van der Waals surface area contributed by atoms with Crippen LogP contribution in [0.2, 0.25) is 5.02 Å². The summed E-state index contributed by atoms with van der Waals surface area (Å²) in [5.41, 5.74) is 2.50. The molecule has 146 valence electrons. The van der Waals surface area contributed by atoms with Crippen LogP contribution in [0.4, 0.5) is 0 Å². The molecule has 0 spiro atoms. The lowest BCUT2D eigenvalue weighted by molar-refractivity contribution is 0.0734. The molecule has 0 atom stereocenters. The van der Waals surface area contributed by atoms with Gasteiger partial charge in [-0.15, -0.1) is 0 Å². The summed E-state index contributed by atoms with van der Waals surface area (Å²) in [5.74, 6) is 0.0124. The molecule has 0 radical (unpaired) electrons. The Morgan fingerprint density at radius 1 is 1.03 bits per heavy atom. The Morgan fingerprint density at radius 3 is 2.70 bits per heavy atom. The van der Waals surface area contributed by atoms with Crippen molar-refractivity contribution in [2.75, 3.05) is 0 Å². The average molecular weight is 416 g/mol. The Balaban J connectivity index is 1.42. The second-order valence-corrected chi connectivity index (χ2v) is 7.16. The van der Waals surface area contributed by atoms with Gasteiger partial charge in [0.15, 0.2) is 5.76 Å². The van der Waals surface area contributed by atoms with Gasteiger partial charge in [-0.3, -0.25) is 4.79 Å². The average Bonchev–Trinajstić information content (AvgIpc) is 3.29. The third-order valence-electron chi connectivity index (χ3n) is 4.85. The van der Waals surface area contributed by atoms with Crippen molar-refractivity contribution in [3.63, 3.8) is 0 Å². The summed E-state index contributed by atoms with van der Waals surface area (Å²) in [6.07, 6.45) is 3.53. The van der Waals surface area contributed by atoms with E-state index in [1.165, 1.54) is 6.07 Å². The molecule has 0 unspecified atom stereocenters. The molecule has 0 amide bonds. The third kappa shape index (κ3) is 3.15. The quantitative estimate of drug-likeness (QED) is 0.266. The maximum absolute atomic E-state index is 12.7. The Hall–Kier alpha value is -3.83. The van der Waals surface area contributed by atoms with Crippen LogP contribution in [0, 0.1) is 0 Å². The predicted molar refractivity (Wildman–Crippen MR) is 114 cm³/mol. The van der Waals surface area contributed by atoms with Gasteiger partial charge in [0.1, 0.15) is 11.5 Å². The molecule has 2 heterocycles. The van der Waals surface area contributed by atoms with Crippen LogP contribution < -0.4 is 9.47 Å². The van der Waals surface area contributed by atoms with Gasteiger partial charge in [-0.25, -0.2) is 4.79 Å². The number of nitrogens with one attached hydrogen (secondary N) is 1.